The van der Waals surface area contributed by atoms with Crippen molar-refractivity contribution >= 4 is 16.7 Å². The molecule has 1 aliphatic carbocycles. The Morgan fingerprint density at radius 3 is 1.77 bits per heavy atom. The van der Waals surface area contributed by atoms with Crippen LogP contribution in [0.3, 0.4) is 0 Å². The lowest BCUT2D eigenvalue weighted by molar-refractivity contribution is 0.133. The molecular formula is C31H33N3O. The summed E-state index contributed by atoms with van der Waals surface area (Å²) in [4.78, 5) is 1.61. The van der Waals surface area contributed by atoms with E-state index in [9.17, 15) is 5.11 Å². The molecule has 4 aromatic rings. The number of fused-ring (bicyclic) bond motifs is 1. The van der Waals surface area contributed by atoms with Gasteiger partial charge in [0.1, 0.15) is 22.5 Å². The number of hydrogen-bond acceptors (Lipinski definition) is 3. The Hall–Kier alpha value is -3.66. The Bertz CT molecular complexity index is 1390. The van der Waals surface area contributed by atoms with Crippen LogP contribution in [-0.2, 0) is 10.8 Å². The minimum Gasteiger partial charge on any atom is -0.509 e. The summed E-state index contributed by atoms with van der Waals surface area (Å²) in [5.41, 5.74) is 4.73. The summed E-state index contributed by atoms with van der Waals surface area (Å²) in [6.45, 7) is 11.1. The highest BCUT2D eigenvalue weighted by Crippen LogP contribution is 2.55. The molecule has 1 heterocycles. The van der Waals surface area contributed by atoms with Crippen molar-refractivity contribution in [2.75, 3.05) is 0 Å². The van der Waals surface area contributed by atoms with E-state index in [1.807, 2.05) is 36.4 Å². The average molecular weight is 464 g/mol. The number of benzene rings is 3. The number of aliphatic hydroxyl groups excluding tert-OH is 1. The lowest BCUT2D eigenvalue weighted by atomic mass is 9.55. The van der Waals surface area contributed by atoms with Crippen molar-refractivity contribution in [3.63, 3.8) is 0 Å². The number of hydrogen-bond donors (Lipinski definition) is 1. The van der Waals surface area contributed by atoms with Crippen LogP contribution >= 0.6 is 0 Å². The lowest BCUT2D eigenvalue weighted by Gasteiger charge is -2.49. The van der Waals surface area contributed by atoms with Crippen LogP contribution in [0.5, 0.6) is 0 Å². The van der Waals surface area contributed by atoms with Gasteiger partial charge in [-0.3, -0.25) is 0 Å². The zero-order chi connectivity index (χ0) is 24.8. The predicted octanol–water partition coefficient (Wildman–Crippen LogP) is 7.45. The molecule has 0 bridgehead atoms. The van der Waals surface area contributed by atoms with Gasteiger partial charge in [-0.1, -0.05) is 113 Å². The smallest absolute Gasteiger partial charge is 0.127 e. The molecule has 0 amide bonds. The van der Waals surface area contributed by atoms with E-state index < -0.39 is 5.41 Å². The molecule has 0 saturated heterocycles. The zero-order valence-corrected chi connectivity index (χ0v) is 21.2. The van der Waals surface area contributed by atoms with Gasteiger partial charge in [0, 0.05) is 16.2 Å². The van der Waals surface area contributed by atoms with E-state index in [2.05, 4.69) is 89.2 Å². The SMILES string of the molecule is CC(C)(C1=CC(n2nc3ccccc3n2)=C(O)C(C)(C(C)(C)c2ccccc2)C1)c1ccccc1. The van der Waals surface area contributed by atoms with Crippen LogP contribution in [0.4, 0.5) is 0 Å². The van der Waals surface area contributed by atoms with Crippen molar-refractivity contribution in [2.45, 2.75) is 51.9 Å². The van der Waals surface area contributed by atoms with Gasteiger partial charge in [-0.15, -0.1) is 15.0 Å². The molecule has 35 heavy (non-hydrogen) atoms. The van der Waals surface area contributed by atoms with E-state index in [1.54, 1.807) is 4.80 Å². The first-order valence-electron chi connectivity index (χ1n) is 12.2. The molecule has 178 valence electrons. The van der Waals surface area contributed by atoms with Crippen molar-refractivity contribution in [1.82, 2.24) is 15.0 Å². The van der Waals surface area contributed by atoms with Gasteiger partial charge in [-0.25, -0.2) is 0 Å². The van der Waals surface area contributed by atoms with Crippen LogP contribution in [0.25, 0.3) is 16.7 Å². The highest BCUT2D eigenvalue weighted by atomic mass is 16.3. The molecular weight excluding hydrogens is 430 g/mol. The van der Waals surface area contributed by atoms with Gasteiger partial charge < -0.3 is 5.11 Å². The lowest BCUT2D eigenvalue weighted by Crippen LogP contribution is -2.44. The van der Waals surface area contributed by atoms with Gasteiger partial charge in [0.25, 0.3) is 0 Å². The summed E-state index contributed by atoms with van der Waals surface area (Å²) in [7, 11) is 0. The minimum atomic E-state index is -0.584. The van der Waals surface area contributed by atoms with Gasteiger partial charge in [0.15, 0.2) is 0 Å². The summed E-state index contributed by atoms with van der Waals surface area (Å²) >= 11 is 0. The fourth-order valence-corrected chi connectivity index (χ4v) is 5.28. The molecule has 1 unspecified atom stereocenters. The Labute approximate surface area is 207 Å². The number of aliphatic hydroxyl groups is 1. The summed E-state index contributed by atoms with van der Waals surface area (Å²) < 4.78 is 0. The van der Waals surface area contributed by atoms with Crippen molar-refractivity contribution in [3.8, 4) is 0 Å². The van der Waals surface area contributed by atoms with Crippen LogP contribution in [-0.4, -0.2) is 20.1 Å². The third-order valence-corrected chi connectivity index (χ3v) is 8.30. The first-order valence-corrected chi connectivity index (χ1v) is 12.2. The van der Waals surface area contributed by atoms with E-state index in [-0.39, 0.29) is 10.8 Å². The van der Waals surface area contributed by atoms with Crippen LogP contribution < -0.4 is 0 Å². The molecule has 1 N–H and O–H groups in total. The molecule has 0 aliphatic heterocycles. The fourth-order valence-electron chi connectivity index (χ4n) is 5.28. The van der Waals surface area contributed by atoms with Crippen molar-refractivity contribution in [1.29, 1.82) is 0 Å². The van der Waals surface area contributed by atoms with Crippen LogP contribution in [0, 0.1) is 5.41 Å². The minimum absolute atomic E-state index is 0.242. The number of nitrogens with zero attached hydrogens (tertiary/aromatic N) is 3. The van der Waals surface area contributed by atoms with Crippen LogP contribution in [0.2, 0.25) is 0 Å². The van der Waals surface area contributed by atoms with Gasteiger partial charge >= 0.3 is 0 Å². The number of allylic oxidation sites excluding steroid dienone is 4. The quantitative estimate of drug-likeness (QED) is 0.334. The van der Waals surface area contributed by atoms with Crippen molar-refractivity contribution < 1.29 is 5.11 Å². The van der Waals surface area contributed by atoms with Crippen molar-refractivity contribution in [3.05, 3.63) is 113 Å². The van der Waals surface area contributed by atoms with Gasteiger partial charge in [-0.05, 0) is 35.8 Å². The fraction of sp³-hybridized carbons (Fsp3) is 0.290. The van der Waals surface area contributed by atoms with Gasteiger partial charge in [0.05, 0.1) is 0 Å². The Kier molecular flexibility index (Phi) is 5.43. The second-order valence-corrected chi connectivity index (χ2v) is 10.9. The summed E-state index contributed by atoms with van der Waals surface area (Å²) in [6.07, 6.45) is 2.82. The molecule has 0 fully saturated rings. The van der Waals surface area contributed by atoms with Gasteiger partial charge in [0.2, 0.25) is 0 Å². The van der Waals surface area contributed by atoms with E-state index in [1.165, 1.54) is 16.7 Å². The monoisotopic (exact) mass is 463 g/mol. The predicted molar refractivity (Wildman–Crippen MR) is 143 cm³/mol. The Balaban J connectivity index is 1.74. The molecule has 5 rings (SSSR count). The van der Waals surface area contributed by atoms with Crippen LogP contribution in [0.1, 0.15) is 52.2 Å². The maximum absolute atomic E-state index is 12.0. The molecule has 3 aromatic carbocycles. The number of aromatic nitrogens is 3. The summed E-state index contributed by atoms with van der Waals surface area (Å²) in [5, 5.41) is 21.4. The maximum atomic E-state index is 12.0. The molecule has 4 nitrogen and oxygen atoms in total. The van der Waals surface area contributed by atoms with E-state index in [4.69, 9.17) is 10.2 Å². The summed E-state index contributed by atoms with van der Waals surface area (Å²) in [5.74, 6) is 0.319. The molecule has 4 heteroatoms. The first kappa shape index (κ1) is 23.1. The van der Waals surface area contributed by atoms with Gasteiger partial charge in [-0.2, -0.15) is 0 Å². The standard InChI is InChI=1S/C31H33N3O/c1-29(2,22-14-8-6-9-15-22)24-20-27(34-32-25-18-12-13-19-26(25)33-34)28(35)31(5,21-24)30(3,4)23-16-10-7-11-17-23/h6-20,35H,21H2,1-5H3. The van der Waals surface area contributed by atoms with Crippen LogP contribution in [0.15, 0.2) is 102 Å². The second-order valence-electron chi connectivity index (χ2n) is 10.9. The molecule has 1 aromatic heterocycles. The average Bonchev–Trinajstić information content (AvgIpc) is 3.30. The largest absolute Gasteiger partial charge is 0.509 e. The molecule has 0 spiro atoms. The molecule has 0 saturated carbocycles. The Morgan fingerprint density at radius 2 is 1.23 bits per heavy atom. The topological polar surface area (TPSA) is 50.9 Å². The summed E-state index contributed by atoms with van der Waals surface area (Å²) in [6, 6.07) is 28.9. The number of rotatable bonds is 5. The van der Waals surface area contributed by atoms with E-state index >= 15 is 0 Å². The zero-order valence-electron chi connectivity index (χ0n) is 21.2. The first-order chi connectivity index (χ1) is 16.6. The molecule has 1 atom stereocenters. The van der Waals surface area contributed by atoms with Crippen molar-refractivity contribution in [2.24, 2.45) is 5.41 Å². The molecule has 0 radical (unpaired) electrons. The van der Waals surface area contributed by atoms with E-state index in [0.717, 1.165) is 11.0 Å². The normalized spacial score (nSPS) is 19.2. The molecule has 1 aliphatic rings. The highest BCUT2D eigenvalue weighted by molar-refractivity contribution is 5.75. The maximum Gasteiger partial charge on any atom is 0.127 e. The third-order valence-electron chi connectivity index (χ3n) is 8.30. The Morgan fingerprint density at radius 1 is 0.743 bits per heavy atom. The second kappa shape index (κ2) is 8.23. The van der Waals surface area contributed by atoms with E-state index in [0.29, 0.717) is 17.9 Å². The third kappa shape index (κ3) is 3.68. The highest BCUT2D eigenvalue weighted by Gasteiger charge is 2.50.